The number of rotatable bonds is 6. The first-order valence-electron chi connectivity index (χ1n) is 6.65. The fourth-order valence-electron chi connectivity index (χ4n) is 1.87. The zero-order valence-electron chi connectivity index (χ0n) is 11.9. The third-order valence-electron chi connectivity index (χ3n) is 2.83. The summed E-state index contributed by atoms with van der Waals surface area (Å²) in [4.78, 5) is 0. The van der Waals surface area contributed by atoms with Gasteiger partial charge in [-0.1, -0.05) is 44.8 Å². The van der Waals surface area contributed by atoms with Crippen molar-refractivity contribution in [3.8, 4) is 11.5 Å². The number of benzene rings is 2. The summed E-state index contributed by atoms with van der Waals surface area (Å²) in [6.07, 6.45) is 1.28. The van der Waals surface area contributed by atoms with Gasteiger partial charge in [0.1, 0.15) is 6.61 Å². The third kappa shape index (κ3) is 4.39. The molecule has 0 bridgehead atoms. The van der Waals surface area contributed by atoms with Gasteiger partial charge in [-0.15, -0.1) is 0 Å². The summed E-state index contributed by atoms with van der Waals surface area (Å²) in [5.74, 6) is 0.989. The van der Waals surface area contributed by atoms with Crippen LogP contribution in [0.15, 0.2) is 46.0 Å². The van der Waals surface area contributed by atoms with Crippen LogP contribution in [-0.4, -0.2) is 18.0 Å². The highest BCUT2D eigenvalue weighted by Crippen LogP contribution is 2.37. The molecule has 0 unspecified atom stereocenters. The van der Waals surface area contributed by atoms with E-state index in [-0.39, 0.29) is 0 Å². The number of ether oxygens (including phenoxy) is 2. The van der Waals surface area contributed by atoms with Crippen molar-refractivity contribution in [1.82, 2.24) is 0 Å². The number of hydrogen-bond acceptors (Lipinski definition) is 4. The molecule has 0 radical (unpaired) electrons. The molecule has 0 fully saturated rings. The maximum absolute atomic E-state index is 8.63. The van der Waals surface area contributed by atoms with E-state index in [1.54, 1.807) is 12.1 Å². The fourth-order valence-corrected chi connectivity index (χ4v) is 2.41. The van der Waals surface area contributed by atoms with E-state index in [1.807, 2.05) is 31.2 Å². The zero-order valence-corrected chi connectivity index (χ0v) is 14.3. The van der Waals surface area contributed by atoms with Gasteiger partial charge in [0.2, 0.25) is 0 Å². The summed E-state index contributed by atoms with van der Waals surface area (Å²) in [6, 6.07) is 11.2. The Hall–Kier alpha value is -1.72. The first-order chi connectivity index (χ1) is 10.6. The summed E-state index contributed by atoms with van der Waals surface area (Å²) in [6.45, 7) is 2.73. The lowest BCUT2D eigenvalue weighted by atomic mass is 10.2. The zero-order chi connectivity index (χ0) is 15.9. The van der Waals surface area contributed by atoms with Crippen LogP contribution in [0.3, 0.4) is 0 Å². The minimum absolute atomic E-state index is 0.376. The molecule has 2 aromatic rings. The molecule has 2 aromatic carbocycles. The van der Waals surface area contributed by atoms with Crippen molar-refractivity contribution < 1.29 is 14.7 Å². The molecule has 0 aromatic heterocycles. The van der Waals surface area contributed by atoms with Gasteiger partial charge in [-0.25, -0.2) is 0 Å². The second-order valence-electron chi connectivity index (χ2n) is 4.42. The van der Waals surface area contributed by atoms with E-state index in [4.69, 9.17) is 26.3 Å². The molecular formula is C16H15BrClNO3. The maximum Gasteiger partial charge on any atom is 0.180 e. The standard InChI is InChI=1S/C16H15BrClNO3/c1-2-21-15-8-12(9-19-20)7-14(18)16(15)22-10-11-3-5-13(17)6-4-11/h3-9,20H,2,10H2,1H3. The van der Waals surface area contributed by atoms with E-state index in [2.05, 4.69) is 21.1 Å². The van der Waals surface area contributed by atoms with E-state index in [1.165, 1.54) is 6.21 Å². The molecule has 4 nitrogen and oxygen atoms in total. The van der Waals surface area contributed by atoms with Crippen LogP contribution < -0.4 is 9.47 Å². The quantitative estimate of drug-likeness (QED) is 0.438. The lowest BCUT2D eigenvalue weighted by Gasteiger charge is -2.14. The van der Waals surface area contributed by atoms with Crippen LogP contribution in [-0.2, 0) is 6.61 Å². The van der Waals surface area contributed by atoms with Gasteiger partial charge in [-0.3, -0.25) is 0 Å². The Labute approximate surface area is 142 Å². The first-order valence-corrected chi connectivity index (χ1v) is 7.82. The van der Waals surface area contributed by atoms with Crippen molar-refractivity contribution in [3.05, 3.63) is 57.0 Å². The average Bonchev–Trinajstić information content (AvgIpc) is 2.49. The molecule has 0 amide bonds. The van der Waals surface area contributed by atoms with Crippen LogP contribution >= 0.6 is 27.5 Å². The maximum atomic E-state index is 8.63. The molecule has 1 N–H and O–H groups in total. The summed E-state index contributed by atoms with van der Waals surface area (Å²) >= 11 is 9.63. The Balaban J connectivity index is 2.22. The lowest BCUT2D eigenvalue weighted by molar-refractivity contribution is 0.269. The average molecular weight is 385 g/mol. The summed E-state index contributed by atoms with van der Waals surface area (Å²) in [7, 11) is 0. The molecule has 0 aliphatic rings. The Morgan fingerprint density at radius 3 is 2.59 bits per heavy atom. The van der Waals surface area contributed by atoms with Gasteiger partial charge in [-0.05, 0) is 36.8 Å². The van der Waals surface area contributed by atoms with Crippen LogP contribution in [0, 0.1) is 0 Å². The fraction of sp³-hybridized carbons (Fsp3) is 0.188. The molecule has 0 heterocycles. The Kier molecular flexibility index (Phi) is 6.10. The van der Waals surface area contributed by atoms with Gasteiger partial charge in [-0.2, -0.15) is 0 Å². The van der Waals surface area contributed by atoms with Gasteiger partial charge >= 0.3 is 0 Å². The van der Waals surface area contributed by atoms with Gasteiger partial charge in [0.25, 0.3) is 0 Å². The molecule has 22 heavy (non-hydrogen) atoms. The predicted octanol–water partition coefficient (Wildman–Crippen LogP) is 4.89. The second-order valence-corrected chi connectivity index (χ2v) is 5.75. The molecule has 0 aliphatic carbocycles. The van der Waals surface area contributed by atoms with Crippen LogP contribution in [0.25, 0.3) is 0 Å². The van der Waals surface area contributed by atoms with Crippen LogP contribution in [0.2, 0.25) is 5.02 Å². The third-order valence-corrected chi connectivity index (χ3v) is 3.64. The minimum atomic E-state index is 0.376. The molecule has 116 valence electrons. The highest BCUT2D eigenvalue weighted by molar-refractivity contribution is 9.10. The Morgan fingerprint density at radius 2 is 1.95 bits per heavy atom. The monoisotopic (exact) mass is 383 g/mol. The summed E-state index contributed by atoms with van der Waals surface area (Å²) < 4.78 is 12.4. The van der Waals surface area contributed by atoms with Crippen LogP contribution in [0.1, 0.15) is 18.1 Å². The van der Waals surface area contributed by atoms with Gasteiger partial charge < -0.3 is 14.7 Å². The highest BCUT2D eigenvalue weighted by atomic mass is 79.9. The van der Waals surface area contributed by atoms with Gasteiger partial charge in [0, 0.05) is 10.0 Å². The molecule has 0 saturated heterocycles. The molecule has 0 spiro atoms. The van der Waals surface area contributed by atoms with E-state index in [0.717, 1.165) is 10.0 Å². The van der Waals surface area contributed by atoms with Crippen molar-refractivity contribution in [2.24, 2.45) is 5.16 Å². The molecule has 0 aliphatic heterocycles. The van der Waals surface area contributed by atoms with Gasteiger partial charge in [0.15, 0.2) is 11.5 Å². The summed E-state index contributed by atoms with van der Waals surface area (Å²) in [5.41, 5.74) is 1.65. The van der Waals surface area contributed by atoms with Gasteiger partial charge in [0.05, 0.1) is 17.8 Å². The molecule has 0 atom stereocenters. The SMILES string of the molecule is CCOc1cc(C=NO)cc(Cl)c1OCc1ccc(Br)cc1. The topological polar surface area (TPSA) is 51.0 Å². The number of halogens is 2. The molecular weight excluding hydrogens is 370 g/mol. The lowest BCUT2D eigenvalue weighted by Crippen LogP contribution is -2.01. The van der Waals surface area contributed by atoms with Crippen molar-refractivity contribution in [2.45, 2.75) is 13.5 Å². The van der Waals surface area contributed by atoms with Crippen molar-refractivity contribution in [3.63, 3.8) is 0 Å². The van der Waals surface area contributed by atoms with E-state index in [0.29, 0.717) is 35.3 Å². The Morgan fingerprint density at radius 1 is 1.23 bits per heavy atom. The second kappa shape index (κ2) is 8.06. The van der Waals surface area contributed by atoms with Crippen LogP contribution in [0.5, 0.6) is 11.5 Å². The molecule has 0 saturated carbocycles. The van der Waals surface area contributed by atoms with Crippen molar-refractivity contribution >= 4 is 33.7 Å². The molecule has 6 heteroatoms. The minimum Gasteiger partial charge on any atom is -0.490 e. The van der Waals surface area contributed by atoms with E-state index >= 15 is 0 Å². The normalized spacial score (nSPS) is 10.9. The van der Waals surface area contributed by atoms with Crippen molar-refractivity contribution in [1.29, 1.82) is 0 Å². The van der Waals surface area contributed by atoms with Crippen LogP contribution in [0.4, 0.5) is 0 Å². The highest BCUT2D eigenvalue weighted by Gasteiger charge is 2.12. The summed E-state index contributed by atoms with van der Waals surface area (Å²) in [5, 5.41) is 12.0. The first kappa shape index (κ1) is 16.6. The Bertz CT molecular complexity index is 659. The largest absolute Gasteiger partial charge is 0.490 e. The smallest absolute Gasteiger partial charge is 0.180 e. The number of oxime groups is 1. The molecule has 2 rings (SSSR count). The number of nitrogens with zero attached hydrogens (tertiary/aromatic N) is 1. The van der Waals surface area contributed by atoms with E-state index < -0.39 is 0 Å². The van der Waals surface area contributed by atoms with E-state index in [9.17, 15) is 0 Å². The van der Waals surface area contributed by atoms with Crippen molar-refractivity contribution in [2.75, 3.05) is 6.61 Å². The number of hydrogen-bond donors (Lipinski definition) is 1. The predicted molar refractivity (Wildman–Crippen MR) is 90.5 cm³/mol.